The van der Waals surface area contributed by atoms with Crippen LogP contribution in [0.5, 0.6) is 0 Å². The molecule has 1 aliphatic heterocycles. The zero-order valence-electron chi connectivity index (χ0n) is 6.35. The van der Waals surface area contributed by atoms with Crippen LogP contribution in [-0.4, -0.2) is 40.5 Å². The van der Waals surface area contributed by atoms with Crippen LogP contribution in [0.4, 0.5) is 9.59 Å². The van der Waals surface area contributed by atoms with E-state index >= 15 is 0 Å². The standard InChI is InChI=1S/C5H6N4O4/c6-4(12)7-2-3(11)9(1-10)5(13)8-2/h10H,1H2,(H3,6,7,8,12,13). The molecule has 0 spiro atoms. The zero-order valence-corrected chi connectivity index (χ0v) is 6.35. The second kappa shape index (κ2) is 3.19. The minimum atomic E-state index is -1.00. The number of aliphatic hydroxyl groups excluding tert-OH is 1. The highest BCUT2D eigenvalue weighted by atomic mass is 16.3. The minimum Gasteiger partial charge on any atom is -0.376 e. The molecule has 1 rings (SSSR count). The van der Waals surface area contributed by atoms with Crippen molar-refractivity contribution in [3.63, 3.8) is 0 Å². The molecule has 1 aliphatic rings. The van der Waals surface area contributed by atoms with Crippen molar-refractivity contribution >= 4 is 23.8 Å². The Bertz CT molecular complexity index is 310. The lowest BCUT2D eigenvalue weighted by molar-refractivity contribution is -0.123. The van der Waals surface area contributed by atoms with Crippen LogP contribution in [0.15, 0.2) is 4.99 Å². The van der Waals surface area contributed by atoms with Crippen molar-refractivity contribution in [1.82, 2.24) is 10.2 Å². The number of aliphatic hydroxyl groups is 1. The lowest BCUT2D eigenvalue weighted by atomic mass is 10.5. The van der Waals surface area contributed by atoms with E-state index in [2.05, 4.69) is 4.99 Å². The average Bonchev–Trinajstić information content (AvgIpc) is 2.26. The Morgan fingerprint density at radius 1 is 1.62 bits per heavy atom. The number of hydrogen-bond donors (Lipinski definition) is 3. The van der Waals surface area contributed by atoms with Crippen LogP contribution in [-0.2, 0) is 4.79 Å². The summed E-state index contributed by atoms with van der Waals surface area (Å²) < 4.78 is 0. The Hall–Kier alpha value is -1.96. The van der Waals surface area contributed by atoms with E-state index in [9.17, 15) is 14.4 Å². The van der Waals surface area contributed by atoms with Gasteiger partial charge in [-0.1, -0.05) is 0 Å². The molecule has 5 amide bonds. The molecule has 0 aromatic carbocycles. The van der Waals surface area contributed by atoms with E-state index in [4.69, 9.17) is 10.8 Å². The molecule has 4 N–H and O–H groups in total. The number of hydrogen-bond acceptors (Lipinski definition) is 4. The van der Waals surface area contributed by atoms with Crippen molar-refractivity contribution in [2.24, 2.45) is 10.7 Å². The molecule has 0 unspecified atom stereocenters. The molecular weight excluding hydrogens is 180 g/mol. The first-order chi connectivity index (χ1) is 6.06. The molecule has 0 fully saturated rings. The third kappa shape index (κ3) is 1.62. The first kappa shape index (κ1) is 9.13. The summed E-state index contributed by atoms with van der Waals surface area (Å²) in [7, 11) is 0. The second-order valence-corrected chi connectivity index (χ2v) is 2.11. The van der Waals surface area contributed by atoms with Gasteiger partial charge in [0.1, 0.15) is 6.73 Å². The maximum atomic E-state index is 11.0. The smallest absolute Gasteiger partial charge is 0.354 e. The summed E-state index contributed by atoms with van der Waals surface area (Å²) in [6.45, 7) is -0.787. The lowest BCUT2D eigenvalue weighted by Gasteiger charge is -2.06. The van der Waals surface area contributed by atoms with Gasteiger partial charge in [-0.15, -0.1) is 0 Å². The van der Waals surface area contributed by atoms with E-state index in [0.717, 1.165) is 0 Å². The third-order valence-electron chi connectivity index (χ3n) is 1.27. The quantitative estimate of drug-likeness (QED) is 0.436. The van der Waals surface area contributed by atoms with Crippen LogP contribution in [0.1, 0.15) is 0 Å². The summed E-state index contributed by atoms with van der Waals surface area (Å²) in [5.41, 5.74) is 4.69. The molecule has 0 radical (unpaired) electrons. The van der Waals surface area contributed by atoms with Crippen molar-refractivity contribution in [2.45, 2.75) is 0 Å². The fourth-order valence-corrected chi connectivity index (χ4v) is 0.741. The maximum absolute atomic E-state index is 11.0. The third-order valence-corrected chi connectivity index (χ3v) is 1.27. The molecule has 1 heterocycles. The van der Waals surface area contributed by atoms with Gasteiger partial charge in [0.05, 0.1) is 0 Å². The molecule has 8 heteroatoms. The summed E-state index contributed by atoms with van der Waals surface area (Å²) in [6, 6.07) is -1.93. The lowest BCUT2D eigenvalue weighted by Crippen LogP contribution is -2.42. The van der Waals surface area contributed by atoms with Crippen LogP contribution >= 0.6 is 0 Å². The molecule has 0 bridgehead atoms. The number of rotatable bonds is 1. The minimum absolute atomic E-state index is 0.450. The highest BCUT2D eigenvalue weighted by molar-refractivity contribution is 6.47. The number of aliphatic imine (C=N–C) groups is 1. The van der Waals surface area contributed by atoms with E-state index in [1.54, 1.807) is 0 Å². The van der Waals surface area contributed by atoms with E-state index in [0.29, 0.717) is 4.90 Å². The molecule has 0 atom stereocenters. The average molecular weight is 186 g/mol. The number of nitrogens with two attached hydrogens (primary N) is 1. The van der Waals surface area contributed by atoms with Crippen molar-refractivity contribution in [1.29, 1.82) is 0 Å². The monoisotopic (exact) mass is 186 g/mol. The Morgan fingerprint density at radius 3 is 2.62 bits per heavy atom. The second-order valence-electron chi connectivity index (χ2n) is 2.11. The first-order valence-electron chi connectivity index (χ1n) is 3.18. The van der Waals surface area contributed by atoms with Gasteiger partial charge in [-0.2, -0.15) is 4.99 Å². The van der Waals surface area contributed by atoms with Gasteiger partial charge in [0.15, 0.2) is 0 Å². The zero-order chi connectivity index (χ0) is 10.0. The molecule has 0 saturated carbocycles. The largest absolute Gasteiger partial charge is 0.376 e. The van der Waals surface area contributed by atoms with E-state index < -0.39 is 30.5 Å². The van der Waals surface area contributed by atoms with Crippen LogP contribution in [0.25, 0.3) is 0 Å². The van der Waals surface area contributed by atoms with Gasteiger partial charge in [0.25, 0.3) is 5.91 Å². The van der Waals surface area contributed by atoms with Crippen LogP contribution in [0.3, 0.4) is 0 Å². The van der Waals surface area contributed by atoms with E-state index in [1.165, 1.54) is 0 Å². The molecule has 70 valence electrons. The fourth-order valence-electron chi connectivity index (χ4n) is 0.741. The first-order valence-corrected chi connectivity index (χ1v) is 3.18. The number of urea groups is 2. The molecule has 0 saturated heterocycles. The molecule has 0 aliphatic carbocycles. The highest BCUT2D eigenvalue weighted by Gasteiger charge is 2.33. The summed E-state index contributed by atoms with van der Waals surface area (Å²) in [5.74, 6) is -1.36. The predicted octanol–water partition coefficient (Wildman–Crippen LogP) is -2.03. The Balaban J connectivity index is 2.79. The van der Waals surface area contributed by atoms with Gasteiger partial charge in [-0.3, -0.25) is 10.1 Å². The summed E-state index contributed by atoms with van der Waals surface area (Å²) in [4.78, 5) is 35.7. The van der Waals surface area contributed by atoms with Crippen molar-refractivity contribution in [3.05, 3.63) is 0 Å². The molecular formula is C5H6N4O4. The normalized spacial score (nSPS) is 16.1. The number of nitrogens with one attached hydrogen (secondary N) is 1. The summed E-state index contributed by atoms with van der Waals surface area (Å²) in [5, 5.41) is 10.4. The summed E-state index contributed by atoms with van der Waals surface area (Å²) >= 11 is 0. The number of carbonyl (C=O) groups is 3. The number of imide groups is 1. The number of nitrogens with zero attached hydrogens (tertiary/aromatic N) is 2. The predicted molar refractivity (Wildman–Crippen MR) is 39.5 cm³/mol. The molecule has 8 nitrogen and oxygen atoms in total. The van der Waals surface area contributed by atoms with Crippen molar-refractivity contribution in [3.8, 4) is 0 Å². The van der Waals surface area contributed by atoms with Gasteiger partial charge in [-0.25, -0.2) is 14.5 Å². The molecule has 0 aromatic heterocycles. The number of carbonyl (C=O) groups excluding carboxylic acids is 3. The van der Waals surface area contributed by atoms with E-state index in [-0.39, 0.29) is 0 Å². The molecule has 13 heavy (non-hydrogen) atoms. The van der Waals surface area contributed by atoms with Crippen molar-refractivity contribution < 1.29 is 19.5 Å². The SMILES string of the molecule is NC(=O)NC1=NC(=O)N(CO)C1=O. The van der Waals surface area contributed by atoms with Gasteiger partial charge in [0, 0.05) is 0 Å². The number of primary amides is 1. The van der Waals surface area contributed by atoms with Gasteiger partial charge in [0.2, 0.25) is 5.84 Å². The Morgan fingerprint density at radius 2 is 2.23 bits per heavy atom. The van der Waals surface area contributed by atoms with Crippen LogP contribution in [0, 0.1) is 0 Å². The fraction of sp³-hybridized carbons (Fsp3) is 0.200. The Kier molecular flexibility index (Phi) is 2.24. The van der Waals surface area contributed by atoms with E-state index in [1.807, 2.05) is 5.32 Å². The van der Waals surface area contributed by atoms with Gasteiger partial charge >= 0.3 is 12.1 Å². The van der Waals surface area contributed by atoms with Crippen molar-refractivity contribution in [2.75, 3.05) is 6.73 Å². The Labute approximate surface area is 72.0 Å². The van der Waals surface area contributed by atoms with Gasteiger partial charge < -0.3 is 10.8 Å². The number of amidine groups is 1. The topological polar surface area (TPSA) is 125 Å². The van der Waals surface area contributed by atoms with Crippen LogP contribution in [0.2, 0.25) is 0 Å². The maximum Gasteiger partial charge on any atom is 0.354 e. The molecule has 0 aromatic rings. The van der Waals surface area contributed by atoms with Crippen LogP contribution < -0.4 is 11.1 Å². The summed E-state index contributed by atoms with van der Waals surface area (Å²) in [6.07, 6.45) is 0. The van der Waals surface area contributed by atoms with Gasteiger partial charge in [-0.05, 0) is 0 Å². The number of amides is 5. The highest BCUT2D eigenvalue weighted by Crippen LogP contribution is 2.02.